The topological polar surface area (TPSA) is 41.6 Å². The number of nitrogens with one attached hydrogen (secondary N) is 1. The van der Waals surface area contributed by atoms with Crippen LogP contribution >= 0.6 is 0 Å². The number of nitrogens with zero attached hydrogens (tertiary/aromatic N) is 1. The summed E-state index contributed by atoms with van der Waals surface area (Å²) in [7, 11) is 0. The van der Waals surface area contributed by atoms with Crippen molar-refractivity contribution in [3.05, 3.63) is 0 Å². The maximum absolute atomic E-state index is 11.5. The van der Waals surface area contributed by atoms with Crippen LogP contribution in [0.4, 0.5) is 0 Å². The third-order valence-electron chi connectivity index (χ3n) is 3.20. The number of rotatable bonds is 5. The predicted molar refractivity (Wildman–Crippen MR) is 62.2 cm³/mol. The summed E-state index contributed by atoms with van der Waals surface area (Å²) < 4.78 is 5.27. The molecule has 2 rings (SSSR count). The third kappa shape index (κ3) is 3.46. The maximum Gasteiger partial charge on any atom is 0.246 e. The van der Waals surface area contributed by atoms with Crippen LogP contribution in [0.1, 0.15) is 33.1 Å². The summed E-state index contributed by atoms with van der Waals surface area (Å²) in [5.74, 6) is 0.0244. The van der Waals surface area contributed by atoms with Gasteiger partial charge in [0.05, 0.1) is 6.10 Å². The summed E-state index contributed by atoms with van der Waals surface area (Å²) in [5, 5.41) is 3.04. The van der Waals surface area contributed by atoms with Gasteiger partial charge in [0.2, 0.25) is 5.91 Å². The fourth-order valence-corrected chi connectivity index (χ4v) is 2.19. The lowest BCUT2D eigenvalue weighted by Crippen LogP contribution is -2.39. The first-order valence-corrected chi connectivity index (χ1v) is 6.30. The molecule has 92 valence electrons. The Balaban J connectivity index is 1.64. The van der Waals surface area contributed by atoms with Gasteiger partial charge in [-0.15, -0.1) is 0 Å². The van der Waals surface area contributed by atoms with Gasteiger partial charge in [0.15, 0.2) is 0 Å². The van der Waals surface area contributed by atoms with Crippen LogP contribution in [0.15, 0.2) is 0 Å². The maximum atomic E-state index is 11.5. The zero-order chi connectivity index (χ0) is 11.5. The second-order valence-electron chi connectivity index (χ2n) is 5.14. The molecule has 0 aromatic rings. The average molecular weight is 226 g/mol. The van der Waals surface area contributed by atoms with Crippen LogP contribution in [0.25, 0.3) is 0 Å². The number of likely N-dealkylation sites (tertiary alicyclic amines) is 1. The summed E-state index contributed by atoms with van der Waals surface area (Å²) >= 11 is 0. The molecule has 0 radical (unpaired) electrons. The third-order valence-corrected chi connectivity index (χ3v) is 3.20. The minimum absolute atomic E-state index is 0.0244. The number of carbonyl (C=O) groups is 1. The van der Waals surface area contributed by atoms with Crippen molar-refractivity contribution in [1.82, 2.24) is 10.2 Å². The van der Waals surface area contributed by atoms with Crippen molar-refractivity contribution in [3.63, 3.8) is 0 Å². The standard InChI is InChI=1S/C12H22N2O2/c1-9(2)16-8-12(15)13-10-5-6-14(7-10)11-3-4-11/h9-11H,3-8H2,1-2H3,(H,13,15). The van der Waals surface area contributed by atoms with E-state index in [0.717, 1.165) is 25.6 Å². The van der Waals surface area contributed by atoms with Gasteiger partial charge in [-0.25, -0.2) is 0 Å². The number of ether oxygens (including phenoxy) is 1. The second kappa shape index (κ2) is 5.15. The van der Waals surface area contributed by atoms with Crippen LogP contribution in [-0.4, -0.2) is 48.7 Å². The van der Waals surface area contributed by atoms with Crippen molar-refractivity contribution in [2.45, 2.75) is 51.3 Å². The van der Waals surface area contributed by atoms with Gasteiger partial charge in [-0.05, 0) is 33.1 Å². The summed E-state index contributed by atoms with van der Waals surface area (Å²) in [6, 6.07) is 1.15. The van der Waals surface area contributed by atoms with Gasteiger partial charge >= 0.3 is 0 Å². The molecule has 1 saturated heterocycles. The zero-order valence-electron chi connectivity index (χ0n) is 10.2. The lowest BCUT2D eigenvalue weighted by Gasteiger charge is -2.16. The molecule has 4 nitrogen and oxygen atoms in total. The van der Waals surface area contributed by atoms with Crippen LogP contribution in [0.2, 0.25) is 0 Å². The van der Waals surface area contributed by atoms with Crippen LogP contribution < -0.4 is 5.32 Å². The molecule has 1 amide bonds. The molecule has 0 aromatic carbocycles. The molecule has 0 aromatic heterocycles. The molecular formula is C12H22N2O2. The Morgan fingerprint density at radius 1 is 1.44 bits per heavy atom. The van der Waals surface area contributed by atoms with E-state index in [4.69, 9.17) is 4.74 Å². The van der Waals surface area contributed by atoms with E-state index < -0.39 is 0 Å². The monoisotopic (exact) mass is 226 g/mol. The van der Waals surface area contributed by atoms with Crippen LogP contribution in [0.5, 0.6) is 0 Å². The fourth-order valence-electron chi connectivity index (χ4n) is 2.19. The highest BCUT2D eigenvalue weighted by atomic mass is 16.5. The van der Waals surface area contributed by atoms with Gasteiger partial charge in [0.1, 0.15) is 6.61 Å². The molecule has 1 saturated carbocycles. The quantitative estimate of drug-likeness (QED) is 0.752. The van der Waals surface area contributed by atoms with Crippen LogP contribution in [0, 0.1) is 0 Å². The second-order valence-corrected chi connectivity index (χ2v) is 5.14. The van der Waals surface area contributed by atoms with Crippen molar-refractivity contribution < 1.29 is 9.53 Å². The highest BCUT2D eigenvalue weighted by molar-refractivity contribution is 5.77. The molecular weight excluding hydrogens is 204 g/mol. The Morgan fingerprint density at radius 3 is 2.81 bits per heavy atom. The number of amides is 1. The van der Waals surface area contributed by atoms with E-state index in [9.17, 15) is 4.79 Å². The summed E-state index contributed by atoms with van der Waals surface area (Å²) in [4.78, 5) is 14.0. The molecule has 1 N–H and O–H groups in total. The predicted octanol–water partition coefficient (Wildman–Crippen LogP) is 0.764. The van der Waals surface area contributed by atoms with E-state index in [-0.39, 0.29) is 18.6 Å². The Kier molecular flexibility index (Phi) is 3.82. The Bertz CT molecular complexity index is 251. The molecule has 1 aliphatic carbocycles. The lowest BCUT2D eigenvalue weighted by atomic mass is 10.2. The van der Waals surface area contributed by atoms with Gasteiger partial charge in [-0.1, -0.05) is 0 Å². The fraction of sp³-hybridized carbons (Fsp3) is 0.917. The van der Waals surface area contributed by atoms with E-state index >= 15 is 0 Å². The van der Waals surface area contributed by atoms with Crippen LogP contribution in [0.3, 0.4) is 0 Å². The van der Waals surface area contributed by atoms with Crippen molar-refractivity contribution in [3.8, 4) is 0 Å². The van der Waals surface area contributed by atoms with Gasteiger partial charge < -0.3 is 10.1 Å². The van der Waals surface area contributed by atoms with Gasteiger partial charge in [0.25, 0.3) is 0 Å². The van der Waals surface area contributed by atoms with Gasteiger partial charge in [-0.3, -0.25) is 9.69 Å². The molecule has 0 bridgehead atoms. The van der Waals surface area contributed by atoms with Gasteiger partial charge in [0, 0.05) is 25.2 Å². The first kappa shape index (κ1) is 11.9. The minimum Gasteiger partial charge on any atom is -0.369 e. The molecule has 1 atom stereocenters. The molecule has 0 spiro atoms. The van der Waals surface area contributed by atoms with E-state index in [1.165, 1.54) is 12.8 Å². The zero-order valence-corrected chi connectivity index (χ0v) is 10.2. The Hall–Kier alpha value is -0.610. The van der Waals surface area contributed by atoms with Crippen molar-refractivity contribution in [2.75, 3.05) is 19.7 Å². The normalized spacial score (nSPS) is 26.3. The number of hydrogen-bond acceptors (Lipinski definition) is 3. The van der Waals surface area contributed by atoms with E-state index in [0.29, 0.717) is 6.04 Å². The molecule has 1 unspecified atom stereocenters. The van der Waals surface area contributed by atoms with E-state index in [1.54, 1.807) is 0 Å². The molecule has 4 heteroatoms. The highest BCUT2D eigenvalue weighted by Crippen LogP contribution is 2.29. The minimum atomic E-state index is 0.0244. The molecule has 2 aliphatic rings. The molecule has 2 fully saturated rings. The molecule has 1 aliphatic heterocycles. The summed E-state index contributed by atoms with van der Waals surface area (Å²) in [5.41, 5.74) is 0. The lowest BCUT2D eigenvalue weighted by molar-refractivity contribution is -0.127. The SMILES string of the molecule is CC(C)OCC(=O)NC1CCN(C2CC2)C1. The molecule has 1 heterocycles. The smallest absolute Gasteiger partial charge is 0.246 e. The first-order chi connectivity index (χ1) is 7.65. The largest absolute Gasteiger partial charge is 0.369 e. The highest BCUT2D eigenvalue weighted by Gasteiger charge is 2.34. The number of hydrogen-bond donors (Lipinski definition) is 1. The summed E-state index contributed by atoms with van der Waals surface area (Å²) in [6.07, 6.45) is 3.90. The van der Waals surface area contributed by atoms with Crippen molar-refractivity contribution >= 4 is 5.91 Å². The van der Waals surface area contributed by atoms with E-state index in [1.807, 2.05) is 13.8 Å². The average Bonchev–Trinajstić information content (AvgIpc) is 2.98. The Morgan fingerprint density at radius 2 is 2.19 bits per heavy atom. The first-order valence-electron chi connectivity index (χ1n) is 6.30. The van der Waals surface area contributed by atoms with Crippen molar-refractivity contribution in [2.24, 2.45) is 0 Å². The summed E-state index contributed by atoms with van der Waals surface area (Å²) in [6.45, 7) is 6.24. The van der Waals surface area contributed by atoms with E-state index in [2.05, 4.69) is 10.2 Å². The van der Waals surface area contributed by atoms with Gasteiger partial charge in [-0.2, -0.15) is 0 Å². The number of carbonyl (C=O) groups excluding carboxylic acids is 1. The molecule has 16 heavy (non-hydrogen) atoms. The van der Waals surface area contributed by atoms with Crippen molar-refractivity contribution in [1.29, 1.82) is 0 Å². The Labute approximate surface area is 97.3 Å². The van der Waals surface area contributed by atoms with Crippen LogP contribution in [-0.2, 0) is 9.53 Å².